The fourth-order valence-electron chi connectivity index (χ4n) is 0.484. The number of rotatable bonds is 2. The highest BCUT2D eigenvalue weighted by Crippen LogP contribution is 2.08. The van der Waals surface area contributed by atoms with Crippen LogP contribution in [0.2, 0.25) is 0 Å². The summed E-state index contributed by atoms with van der Waals surface area (Å²) in [6.07, 6.45) is 4.63. The van der Waals surface area contributed by atoms with Crippen LogP contribution >= 0.6 is 0 Å². The molecule has 0 N–H and O–H groups in total. The van der Waals surface area contributed by atoms with E-state index >= 15 is 0 Å². The predicted molar refractivity (Wildman–Crippen MR) is 50.2 cm³/mol. The third-order valence-corrected chi connectivity index (χ3v) is 0.998. The average Bonchev–Trinajstić information content (AvgIpc) is 2.07. The molecule has 0 nitrogen and oxygen atoms in total. The zero-order chi connectivity index (χ0) is 9.28. The molecule has 0 bridgehead atoms. The number of hydrogen-bond donors (Lipinski definition) is 0. The van der Waals surface area contributed by atoms with Crippen LogP contribution in [0.4, 0.5) is 4.39 Å². The summed E-state index contributed by atoms with van der Waals surface area (Å²) in [5.74, 6) is -0.185. The van der Waals surface area contributed by atoms with Gasteiger partial charge in [-0.1, -0.05) is 38.7 Å². The molecule has 0 aliphatic rings. The van der Waals surface area contributed by atoms with Crippen LogP contribution in [0.3, 0.4) is 0 Å². The minimum absolute atomic E-state index is 0.185. The van der Waals surface area contributed by atoms with E-state index in [2.05, 4.69) is 6.58 Å². The Kier molecular flexibility index (Phi) is 10.6. The van der Waals surface area contributed by atoms with E-state index in [4.69, 9.17) is 0 Å². The number of halogens is 1. The molecule has 0 aromatic heterocycles. The third-order valence-electron chi connectivity index (χ3n) is 0.998. The topological polar surface area (TPSA) is 0 Å². The lowest BCUT2D eigenvalue weighted by Gasteiger charge is -1.91. The first kappa shape index (κ1) is 12.8. The molecule has 0 saturated carbocycles. The molecule has 0 aromatic carbocycles. The zero-order valence-electron chi connectivity index (χ0n) is 7.82. The van der Waals surface area contributed by atoms with Crippen LogP contribution in [0, 0.1) is 0 Å². The van der Waals surface area contributed by atoms with Crippen molar-refractivity contribution in [3.8, 4) is 0 Å². The van der Waals surface area contributed by atoms with Crippen LogP contribution in [0.15, 0.2) is 36.2 Å². The summed E-state index contributed by atoms with van der Waals surface area (Å²) >= 11 is 0. The van der Waals surface area contributed by atoms with Gasteiger partial charge < -0.3 is 0 Å². The molecule has 64 valence electrons. The summed E-state index contributed by atoms with van der Waals surface area (Å²) < 4.78 is 12.5. The average molecular weight is 156 g/mol. The molecule has 0 unspecified atom stereocenters. The van der Waals surface area contributed by atoms with Crippen LogP contribution < -0.4 is 0 Å². The quantitative estimate of drug-likeness (QED) is 0.530. The van der Waals surface area contributed by atoms with E-state index in [9.17, 15) is 4.39 Å². The molecule has 0 spiro atoms. The maximum absolute atomic E-state index is 12.5. The van der Waals surface area contributed by atoms with Gasteiger partial charge in [0, 0.05) is 0 Å². The second kappa shape index (κ2) is 9.15. The smallest absolute Gasteiger partial charge is 0.121 e. The molecular formula is C10H17F. The molecule has 0 rings (SSSR count). The van der Waals surface area contributed by atoms with Crippen LogP contribution in [0.5, 0.6) is 0 Å². The monoisotopic (exact) mass is 156 g/mol. The van der Waals surface area contributed by atoms with Gasteiger partial charge in [-0.25, -0.2) is 4.39 Å². The second-order valence-corrected chi connectivity index (χ2v) is 1.72. The summed E-state index contributed by atoms with van der Waals surface area (Å²) in [6.45, 7) is 10.8. The van der Waals surface area contributed by atoms with Crippen molar-refractivity contribution in [3.05, 3.63) is 36.2 Å². The Morgan fingerprint density at radius 3 is 2.09 bits per heavy atom. The van der Waals surface area contributed by atoms with Gasteiger partial charge in [-0.3, -0.25) is 0 Å². The van der Waals surface area contributed by atoms with E-state index < -0.39 is 0 Å². The minimum atomic E-state index is -0.185. The maximum Gasteiger partial charge on any atom is 0.121 e. The molecule has 0 aliphatic carbocycles. The van der Waals surface area contributed by atoms with Crippen molar-refractivity contribution in [1.29, 1.82) is 0 Å². The van der Waals surface area contributed by atoms with Crippen molar-refractivity contribution in [3.63, 3.8) is 0 Å². The van der Waals surface area contributed by atoms with Crippen molar-refractivity contribution in [1.82, 2.24) is 0 Å². The Labute approximate surface area is 69.1 Å². The van der Waals surface area contributed by atoms with Gasteiger partial charge in [-0.05, 0) is 19.4 Å². The van der Waals surface area contributed by atoms with E-state index in [1.54, 1.807) is 26.0 Å². The number of allylic oxidation sites excluding steroid dienone is 5. The summed E-state index contributed by atoms with van der Waals surface area (Å²) in [6, 6.07) is 0. The van der Waals surface area contributed by atoms with Gasteiger partial charge >= 0.3 is 0 Å². The largest absolute Gasteiger partial charge is 0.207 e. The van der Waals surface area contributed by atoms with Crippen LogP contribution in [-0.2, 0) is 0 Å². The summed E-state index contributed by atoms with van der Waals surface area (Å²) in [7, 11) is 0. The summed E-state index contributed by atoms with van der Waals surface area (Å²) in [4.78, 5) is 0. The van der Waals surface area contributed by atoms with E-state index in [0.29, 0.717) is 5.57 Å². The lowest BCUT2D eigenvalue weighted by atomic mass is 10.2. The Balaban J connectivity index is 0. The maximum atomic E-state index is 12.5. The third kappa shape index (κ3) is 7.04. The summed E-state index contributed by atoms with van der Waals surface area (Å²) in [5, 5.41) is 0. The Hall–Kier alpha value is -0.850. The fraction of sp³-hybridized carbons (Fsp3) is 0.400. The van der Waals surface area contributed by atoms with E-state index in [1.165, 1.54) is 6.08 Å². The molecule has 0 radical (unpaired) electrons. The zero-order valence-corrected chi connectivity index (χ0v) is 7.82. The lowest BCUT2D eigenvalue weighted by molar-refractivity contribution is 0.649. The predicted octanol–water partition coefficient (Wildman–Crippen LogP) is 4.02. The van der Waals surface area contributed by atoms with Gasteiger partial charge in [0.25, 0.3) is 0 Å². The Bertz CT molecular complexity index is 152. The highest BCUT2D eigenvalue weighted by atomic mass is 19.1. The lowest BCUT2D eigenvalue weighted by Crippen LogP contribution is -1.73. The van der Waals surface area contributed by atoms with Gasteiger partial charge in [-0.15, -0.1) is 0 Å². The van der Waals surface area contributed by atoms with Gasteiger partial charge in [0.05, 0.1) is 0 Å². The van der Waals surface area contributed by atoms with E-state index in [-0.39, 0.29) is 5.83 Å². The van der Waals surface area contributed by atoms with Crippen LogP contribution in [0.25, 0.3) is 0 Å². The van der Waals surface area contributed by atoms with Crippen molar-refractivity contribution in [2.75, 3.05) is 0 Å². The second-order valence-electron chi connectivity index (χ2n) is 1.72. The molecule has 0 aromatic rings. The molecule has 0 heterocycles. The van der Waals surface area contributed by atoms with Crippen LogP contribution in [-0.4, -0.2) is 0 Å². The normalized spacial score (nSPS) is 11.7. The van der Waals surface area contributed by atoms with Crippen molar-refractivity contribution >= 4 is 0 Å². The standard InChI is InChI=1S/C8H11F.C2H6/c1-4-6-7(3)8(9)5-2;1-2/h4-6H,1H2,2-3H3;1-2H3/b7-6-,8-5+;. The molecule has 0 amide bonds. The van der Waals surface area contributed by atoms with Gasteiger partial charge in [0.1, 0.15) is 5.83 Å². The highest BCUT2D eigenvalue weighted by Gasteiger charge is 1.91. The highest BCUT2D eigenvalue weighted by molar-refractivity contribution is 5.25. The molecule has 0 atom stereocenters. The van der Waals surface area contributed by atoms with E-state index in [0.717, 1.165) is 0 Å². The molecule has 0 saturated heterocycles. The van der Waals surface area contributed by atoms with Gasteiger partial charge in [-0.2, -0.15) is 0 Å². The molecule has 11 heavy (non-hydrogen) atoms. The molecule has 1 heteroatoms. The summed E-state index contributed by atoms with van der Waals surface area (Å²) in [5.41, 5.74) is 0.618. The van der Waals surface area contributed by atoms with Crippen molar-refractivity contribution < 1.29 is 4.39 Å². The van der Waals surface area contributed by atoms with Crippen molar-refractivity contribution in [2.24, 2.45) is 0 Å². The van der Waals surface area contributed by atoms with Crippen molar-refractivity contribution in [2.45, 2.75) is 27.7 Å². The number of hydrogen-bond acceptors (Lipinski definition) is 0. The molecule has 0 fully saturated rings. The first-order valence-corrected chi connectivity index (χ1v) is 3.84. The first-order valence-electron chi connectivity index (χ1n) is 3.84. The van der Waals surface area contributed by atoms with E-state index in [1.807, 2.05) is 13.8 Å². The molecule has 0 aliphatic heterocycles. The SMILES string of the molecule is C=C/C=C(C)\C(F)=C/C.CC. The molecular weight excluding hydrogens is 139 g/mol. The fourth-order valence-corrected chi connectivity index (χ4v) is 0.484. The van der Waals surface area contributed by atoms with Gasteiger partial charge in [0.15, 0.2) is 0 Å². The van der Waals surface area contributed by atoms with Gasteiger partial charge in [0.2, 0.25) is 0 Å². The Morgan fingerprint density at radius 1 is 1.36 bits per heavy atom. The first-order chi connectivity index (χ1) is 5.22. The van der Waals surface area contributed by atoms with Crippen LogP contribution in [0.1, 0.15) is 27.7 Å². The Morgan fingerprint density at radius 2 is 1.82 bits per heavy atom. The minimum Gasteiger partial charge on any atom is -0.207 e.